The Kier molecular flexibility index (Phi) is 7.16. The number of aromatic nitrogens is 2. The predicted octanol–water partition coefficient (Wildman–Crippen LogP) is 4.07. The van der Waals surface area contributed by atoms with Gasteiger partial charge in [0.1, 0.15) is 24.2 Å². The molecule has 0 fully saturated rings. The molecule has 4 rings (SSSR count). The first-order chi connectivity index (χ1) is 17.2. The van der Waals surface area contributed by atoms with E-state index in [1.807, 2.05) is 13.8 Å². The lowest BCUT2D eigenvalue weighted by Crippen LogP contribution is -2.47. The highest BCUT2D eigenvalue weighted by molar-refractivity contribution is 6.31. The maximum absolute atomic E-state index is 12.8. The number of carbonyl (C=O) groups excluding carboxylic acids is 3. The molecule has 36 heavy (non-hydrogen) atoms. The molecule has 11 heteroatoms. The Morgan fingerprint density at radius 1 is 1.08 bits per heavy atom. The fourth-order valence-corrected chi connectivity index (χ4v) is 3.96. The van der Waals surface area contributed by atoms with Crippen molar-refractivity contribution in [2.45, 2.75) is 33.7 Å². The average molecular weight is 513 g/mol. The third kappa shape index (κ3) is 4.99. The topological polar surface area (TPSA) is 125 Å². The zero-order valence-corrected chi connectivity index (χ0v) is 20.9. The number of amides is 2. The Hall–Kier alpha value is -4.05. The molecule has 3 aromatic rings. The monoisotopic (exact) mass is 512 g/mol. The molecule has 1 aromatic carbocycles. The van der Waals surface area contributed by atoms with Gasteiger partial charge in [-0.15, -0.1) is 0 Å². The van der Waals surface area contributed by atoms with E-state index in [4.69, 9.17) is 25.5 Å². The zero-order chi connectivity index (χ0) is 26.0. The average Bonchev–Trinajstić information content (AvgIpc) is 3.40. The van der Waals surface area contributed by atoms with Gasteiger partial charge in [0.25, 0.3) is 0 Å². The number of halogens is 1. The summed E-state index contributed by atoms with van der Waals surface area (Å²) in [4.78, 5) is 37.8. The highest BCUT2D eigenvalue weighted by Crippen LogP contribution is 2.29. The molecule has 0 aliphatic carbocycles. The van der Waals surface area contributed by atoms with Crippen molar-refractivity contribution in [1.82, 2.24) is 20.4 Å². The van der Waals surface area contributed by atoms with Gasteiger partial charge >= 0.3 is 18.0 Å². The van der Waals surface area contributed by atoms with E-state index in [9.17, 15) is 14.4 Å². The van der Waals surface area contributed by atoms with E-state index in [0.29, 0.717) is 22.2 Å². The standard InChI is InChI=1S/C25H25ClN4O6/c1-5-34-24(32)20-18(27-25(33)28-22(20)19-11-6-13(2)36-19)12-35-23(31)16-7-9-17(10-8-16)30-15(4)21(26)14(3)29-30/h6-11,22H,5,12H2,1-4H3,(H2,27,28,33). The Morgan fingerprint density at radius 2 is 1.81 bits per heavy atom. The van der Waals surface area contributed by atoms with E-state index in [0.717, 1.165) is 11.4 Å². The summed E-state index contributed by atoms with van der Waals surface area (Å²) in [7, 11) is 0. The summed E-state index contributed by atoms with van der Waals surface area (Å²) >= 11 is 6.22. The van der Waals surface area contributed by atoms with Crippen molar-refractivity contribution >= 4 is 29.6 Å². The van der Waals surface area contributed by atoms with Gasteiger partial charge in [0, 0.05) is 0 Å². The zero-order valence-electron chi connectivity index (χ0n) is 20.2. The molecule has 0 spiro atoms. The molecule has 0 saturated heterocycles. The number of furan rings is 1. The maximum Gasteiger partial charge on any atom is 0.338 e. The molecule has 1 aliphatic rings. The number of hydrogen-bond donors (Lipinski definition) is 2. The number of urea groups is 1. The van der Waals surface area contributed by atoms with Crippen molar-refractivity contribution in [2.75, 3.05) is 13.2 Å². The minimum absolute atomic E-state index is 0.0929. The normalized spacial score (nSPS) is 15.4. The second-order valence-electron chi connectivity index (χ2n) is 8.11. The van der Waals surface area contributed by atoms with Crippen LogP contribution in [-0.2, 0) is 14.3 Å². The molecule has 0 radical (unpaired) electrons. The lowest BCUT2D eigenvalue weighted by Gasteiger charge is -2.27. The van der Waals surface area contributed by atoms with Gasteiger partial charge in [-0.3, -0.25) is 0 Å². The molecule has 0 saturated carbocycles. The molecule has 188 valence electrons. The van der Waals surface area contributed by atoms with Crippen LogP contribution in [0.1, 0.15) is 46.2 Å². The van der Waals surface area contributed by atoms with Crippen LogP contribution in [0.5, 0.6) is 0 Å². The molecule has 3 heterocycles. The fraction of sp³-hybridized carbons (Fsp3) is 0.280. The SMILES string of the molecule is CCOC(=O)C1=C(COC(=O)c2ccc(-n3nc(C)c(Cl)c3C)cc2)NC(=O)NC1c1ccc(C)o1. The molecular formula is C25H25ClN4O6. The van der Waals surface area contributed by atoms with E-state index in [-0.39, 0.29) is 30.0 Å². The van der Waals surface area contributed by atoms with Gasteiger partial charge in [-0.2, -0.15) is 5.10 Å². The van der Waals surface area contributed by atoms with Gasteiger partial charge in [-0.1, -0.05) is 11.6 Å². The molecule has 2 amide bonds. The van der Waals surface area contributed by atoms with Gasteiger partial charge in [0.15, 0.2) is 0 Å². The third-order valence-electron chi connectivity index (χ3n) is 5.59. The Labute approximate surface area is 212 Å². The number of esters is 2. The van der Waals surface area contributed by atoms with Crippen LogP contribution in [0, 0.1) is 20.8 Å². The van der Waals surface area contributed by atoms with E-state index in [1.54, 1.807) is 54.9 Å². The Morgan fingerprint density at radius 3 is 2.39 bits per heavy atom. The molecule has 1 unspecified atom stereocenters. The van der Waals surface area contributed by atoms with Gasteiger partial charge in [-0.05, 0) is 64.1 Å². The van der Waals surface area contributed by atoms with Crippen molar-refractivity contribution in [3.8, 4) is 5.69 Å². The first-order valence-electron chi connectivity index (χ1n) is 11.2. The highest BCUT2D eigenvalue weighted by atomic mass is 35.5. The number of ether oxygens (including phenoxy) is 2. The summed E-state index contributed by atoms with van der Waals surface area (Å²) in [6.45, 7) is 6.85. The molecule has 1 atom stereocenters. The first kappa shape index (κ1) is 25.1. The Balaban J connectivity index is 1.56. The van der Waals surface area contributed by atoms with Crippen LogP contribution >= 0.6 is 11.6 Å². The van der Waals surface area contributed by atoms with E-state index >= 15 is 0 Å². The Bertz CT molecular complexity index is 1360. The van der Waals surface area contributed by atoms with Crippen LogP contribution < -0.4 is 10.6 Å². The van der Waals surface area contributed by atoms with Crippen LogP contribution in [0.3, 0.4) is 0 Å². The summed E-state index contributed by atoms with van der Waals surface area (Å²) in [5.41, 5.74) is 2.70. The lowest BCUT2D eigenvalue weighted by molar-refractivity contribution is -0.139. The summed E-state index contributed by atoms with van der Waals surface area (Å²) in [6, 6.07) is 8.54. The van der Waals surface area contributed by atoms with Crippen LogP contribution in [0.15, 0.2) is 52.1 Å². The molecule has 10 nitrogen and oxygen atoms in total. The number of nitrogens with zero attached hydrogens (tertiary/aromatic N) is 2. The van der Waals surface area contributed by atoms with Crippen LogP contribution in [0.25, 0.3) is 5.69 Å². The summed E-state index contributed by atoms with van der Waals surface area (Å²) in [5, 5.41) is 10.2. The minimum Gasteiger partial charge on any atom is -0.464 e. The molecular weight excluding hydrogens is 488 g/mol. The van der Waals surface area contributed by atoms with Gasteiger partial charge < -0.3 is 24.5 Å². The predicted molar refractivity (Wildman–Crippen MR) is 130 cm³/mol. The number of rotatable bonds is 7. The van der Waals surface area contributed by atoms with E-state index < -0.39 is 24.0 Å². The smallest absolute Gasteiger partial charge is 0.338 e. The van der Waals surface area contributed by atoms with Crippen molar-refractivity contribution in [3.63, 3.8) is 0 Å². The number of benzene rings is 1. The molecule has 2 aromatic heterocycles. The molecule has 1 aliphatic heterocycles. The first-order valence-corrected chi connectivity index (χ1v) is 11.6. The minimum atomic E-state index is -0.896. The molecule has 2 N–H and O–H groups in total. The van der Waals surface area contributed by atoms with Crippen molar-refractivity contribution < 1.29 is 28.3 Å². The number of aryl methyl sites for hydroxylation is 2. The highest BCUT2D eigenvalue weighted by Gasteiger charge is 2.36. The summed E-state index contributed by atoms with van der Waals surface area (Å²) in [6.07, 6.45) is 0. The van der Waals surface area contributed by atoms with Gasteiger partial charge in [-0.25, -0.2) is 19.1 Å². The van der Waals surface area contributed by atoms with Crippen LogP contribution in [0.2, 0.25) is 5.02 Å². The van der Waals surface area contributed by atoms with Crippen molar-refractivity contribution in [3.05, 3.63) is 81.2 Å². The second kappa shape index (κ2) is 10.3. The van der Waals surface area contributed by atoms with Gasteiger partial charge in [0.2, 0.25) is 0 Å². The summed E-state index contributed by atoms with van der Waals surface area (Å²) in [5.74, 6) is -0.334. The lowest BCUT2D eigenvalue weighted by atomic mass is 10.0. The van der Waals surface area contributed by atoms with Crippen molar-refractivity contribution in [1.29, 1.82) is 0 Å². The van der Waals surface area contributed by atoms with E-state index in [2.05, 4.69) is 15.7 Å². The summed E-state index contributed by atoms with van der Waals surface area (Å²) < 4.78 is 17.9. The number of hydrogen-bond acceptors (Lipinski definition) is 7. The van der Waals surface area contributed by atoms with Crippen LogP contribution in [0.4, 0.5) is 4.79 Å². The van der Waals surface area contributed by atoms with Crippen molar-refractivity contribution in [2.24, 2.45) is 0 Å². The fourth-order valence-electron chi connectivity index (χ4n) is 3.84. The largest absolute Gasteiger partial charge is 0.464 e. The van der Waals surface area contributed by atoms with E-state index in [1.165, 1.54) is 0 Å². The third-order valence-corrected chi connectivity index (χ3v) is 6.14. The number of nitrogens with one attached hydrogen (secondary N) is 2. The second-order valence-corrected chi connectivity index (χ2v) is 8.49. The van der Waals surface area contributed by atoms with Crippen LogP contribution in [-0.4, -0.2) is 41.0 Å². The quantitative estimate of drug-likeness (QED) is 0.457. The van der Waals surface area contributed by atoms with Gasteiger partial charge in [0.05, 0.1) is 45.5 Å². The number of carbonyl (C=O) groups is 3. The molecule has 0 bridgehead atoms. The maximum atomic E-state index is 12.8.